The van der Waals surface area contributed by atoms with Crippen LogP contribution in [-0.4, -0.2) is 42.1 Å². The SMILES string of the molecule is CCCN(CCC)S(=O)(=O)c1ccc2[nH]cc(C=NNC(=S)Nc3cccc(Cl)c3)c2c1. The summed E-state index contributed by atoms with van der Waals surface area (Å²) >= 11 is 11.2. The highest BCUT2D eigenvalue weighted by atomic mass is 35.5. The summed E-state index contributed by atoms with van der Waals surface area (Å²) < 4.78 is 27.8. The summed E-state index contributed by atoms with van der Waals surface area (Å²) in [6.45, 7) is 4.94. The lowest BCUT2D eigenvalue weighted by Crippen LogP contribution is -2.32. The molecular formula is C22H26ClN5O2S2. The highest BCUT2D eigenvalue weighted by molar-refractivity contribution is 7.89. The lowest BCUT2D eigenvalue weighted by molar-refractivity contribution is 0.410. The Hall–Kier alpha value is -2.46. The van der Waals surface area contributed by atoms with Crippen LogP contribution in [0.2, 0.25) is 5.02 Å². The number of benzene rings is 2. The van der Waals surface area contributed by atoms with Crippen molar-refractivity contribution in [3.8, 4) is 0 Å². The topological polar surface area (TPSA) is 89.6 Å². The molecule has 0 bridgehead atoms. The first-order valence-electron chi connectivity index (χ1n) is 10.3. The number of hydrogen-bond acceptors (Lipinski definition) is 4. The van der Waals surface area contributed by atoms with E-state index in [-0.39, 0.29) is 4.90 Å². The predicted molar refractivity (Wildman–Crippen MR) is 136 cm³/mol. The average Bonchev–Trinajstić information content (AvgIpc) is 3.16. The molecule has 10 heteroatoms. The quantitative estimate of drug-likeness (QED) is 0.224. The molecule has 0 spiro atoms. The molecule has 0 radical (unpaired) electrons. The van der Waals surface area contributed by atoms with Gasteiger partial charge in [-0.2, -0.15) is 9.41 Å². The Bertz CT molecular complexity index is 1220. The fourth-order valence-corrected chi connectivity index (χ4v) is 5.29. The van der Waals surface area contributed by atoms with Gasteiger partial charge in [-0.3, -0.25) is 5.43 Å². The standard InChI is InChI=1S/C22H26ClN5O2S2/c1-3-10-28(11-4-2)32(29,30)19-8-9-21-20(13-19)16(14-24-21)15-25-27-22(31)26-18-7-5-6-17(23)12-18/h5-9,12-15,24H,3-4,10-11H2,1-2H3,(H2,26,27,31). The second-order valence-electron chi connectivity index (χ2n) is 7.19. The first-order valence-corrected chi connectivity index (χ1v) is 12.5. The molecule has 0 aliphatic carbocycles. The fourth-order valence-electron chi connectivity index (χ4n) is 3.27. The van der Waals surface area contributed by atoms with E-state index in [1.54, 1.807) is 42.7 Å². The Labute approximate surface area is 198 Å². The van der Waals surface area contributed by atoms with Gasteiger partial charge in [-0.1, -0.05) is 31.5 Å². The third kappa shape index (κ3) is 5.86. The molecule has 3 N–H and O–H groups in total. The van der Waals surface area contributed by atoms with E-state index < -0.39 is 10.0 Å². The smallest absolute Gasteiger partial charge is 0.243 e. The highest BCUT2D eigenvalue weighted by Crippen LogP contribution is 2.24. The van der Waals surface area contributed by atoms with E-state index in [0.29, 0.717) is 23.2 Å². The third-order valence-corrected chi connectivity index (χ3v) is 7.04. The predicted octanol–water partition coefficient (Wildman–Crippen LogP) is 4.95. The summed E-state index contributed by atoms with van der Waals surface area (Å²) in [7, 11) is -3.57. The molecule has 0 saturated heterocycles. The molecule has 170 valence electrons. The van der Waals surface area contributed by atoms with Crippen molar-refractivity contribution >= 4 is 61.8 Å². The first-order chi connectivity index (χ1) is 15.3. The van der Waals surface area contributed by atoms with Crippen molar-refractivity contribution in [2.45, 2.75) is 31.6 Å². The number of rotatable bonds is 9. The van der Waals surface area contributed by atoms with Crippen LogP contribution < -0.4 is 10.7 Å². The Morgan fingerprint density at radius 2 is 1.94 bits per heavy atom. The van der Waals surface area contributed by atoms with Gasteiger partial charge in [0.1, 0.15) is 0 Å². The summed E-state index contributed by atoms with van der Waals surface area (Å²) in [6, 6.07) is 12.3. The Balaban J connectivity index is 1.77. The van der Waals surface area contributed by atoms with Gasteiger partial charge < -0.3 is 10.3 Å². The van der Waals surface area contributed by atoms with E-state index in [9.17, 15) is 8.42 Å². The molecule has 3 aromatic rings. The van der Waals surface area contributed by atoms with Crippen molar-refractivity contribution < 1.29 is 8.42 Å². The second-order valence-corrected chi connectivity index (χ2v) is 9.97. The van der Waals surface area contributed by atoms with Crippen LogP contribution in [0.4, 0.5) is 5.69 Å². The van der Waals surface area contributed by atoms with Crippen LogP contribution in [0.1, 0.15) is 32.3 Å². The summed E-state index contributed by atoms with van der Waals surface area (Å²) in [4.78, 5) is 3.41. The number of halogens is 1. The van der Waals surface area contributed by atoms with Crippen LogP contribution in [0, 0.1) is 0 Å². The number of aromatic nitrogens is 1. The molecule has 3 rings (SSSR count). The molecule has 32 heavy (non-hydrogen) atoms. The van der Waals surface area contributed by atoms with Crippen molar-refractivity contribution in [1.82, 2.24) is 14.7 Å². The number of hydrogen-bond donors (Lipinski definition) is 3. The van der Waals surface area contributed by atoms with E-state index >= 15 is 0 Å². The van der Waals surface area contributed by atoms with Gasteiger partial charge in [0.15, 0.2) is 5.11 Å². The molecule has 1 aromatic heterocycles. The number of aromatic amines is 1. The van der Waals surface area contributed by atoms with E-state index in [1.807, 2.05) is 26.0 Å². The number of nitrogens with one attached hydrogen (secondary N) is 3. The third-order valence-electron chi connectivity index (χ3n) is 4.72. The van der Waals surface area contributed by atoms with E-state index in [1.165, 1.54) is 4.31 Å². The maximum absolute atomic E-state index is 13.1. The molecule has 7 nitrogen and oxygen atoms in total. The Morgan fingerprint density at radius 3 is 2.62 bits per heavy atom. The van der Waals surface area contributed by atoms with Crippen molar-refractivity contribution in [3.63, 3.8) is 0 Å². The van der Waals surface area contributed by atoms with E-state index in [4.69, 9.17) is 23.8 Å². The van der Waals surface area contributed by atoms with Gasteiger partial charge in [0.05, 0.1) is 11.1 Å². The number of sulfonamides is 1. The fraction of sp³-hybridized carbons (Fsp3) is 0.273. The molecular weight excluding hydrogens is 466 g/mol. The highest BCUT2D eigenvalue weighted by Gasteiger charge is 2.23. The summed E-state index contributed by atoms with van der Waals surface area (Å²) in [5.74, 6) is 0. The minimum absolute atomic E-state index is 0.271. The normalized spacial score (nSPS) is 12.0. The van der Waals surface area contributed by atoms with Crippen LogP contribution >= 0.6 is 23.8 Å². The largest absolute Gasteiger partial charge is 0.361 e. The second kappa shape index (κ2) is 10.9. The monoisotopic (exact) mass is 491 g/mol. The van der Waals surface area contributed by atoms with Crippen LogP contribution in [0.25, 0.3) is 10.9 Å². The number of nitrogens with zero attached hydrogens (tertiary/aromatic N) is 2. The lowest BCUT2D eigenvalue weighted by Gasteiger charge is -2.21. The van der Waals surface area contributed by atoms with Crippen LogP contribution in [0.15, 0.2) is 58.7 Å². The molecule has 0 amide bonds. The zero-order chi connectivity index (χ0) is 23.1. The van der Waals surface area contributed by atoms with Gasteiger partial charge in [0, 0.05) is 46.5 Å². The average molecular weight is 492 g/mol. The Morgan fingerprint density at radius 1 is 1.19 bits per heavy atom. The number of hydrazone groups is 1. The van der Waals surface area contributed by atoms with Gasteiger partial charge in [0.25, 0.3) is 0 Å². The van der Waals surface area contributed by atoms with Gasteiger partial charge in [-0.25, -0.2) is 8.42 Å². The number of thiocarbonyl (C=S) groups is 1. The zero-order valence-corrected chi connectivity index (χ0v) is 20.3. The molecule has 0 saturated carbocycles. The minimum atomic E-state index is -3.57. The molecule has 2 aromatic carbocycles. The van der Waals surface area contributed by atoms with Crippen LogP contribution in [0.5, 0.6) is 0 Å². The molecule has 1 heterocycles. The molecule has 0 atom stereocenters. The van der Waals surface area contributed by atoms with Gasteiger partial charge >= 0.3 is 0 Å². The first kappa shape index (κ1) is 24.2. The van der Waals surface area contributed by atoms with Gasteiger partial charge in [-0.05, 0) is 61.5 Å². The van der Waals surface area contributed by atoms with Gasteiger partial charge in [-0.15, -0.1) is 0 Å². The van der Waals surface area contributed by atoms with Crippen LogP contribution in [0.3, 0.4) is 0 Å². The van der Waals surface area contributed by atoms with Crippen molar-refractivity contribution in [3.05, 3.63) is 59.2 Å². The number of H-pyrrole nitrogens is 1. The van der Waals surface area contributed by atoms with Gasteiger partial charge in [0.2, 0.25) is 10.0 Å². The Kier molecular flexibility index (Phi) is 8.25. The maximum Gasteiger partial charge on any atom is 0.243 e. The molecule has 0 unspecified atom stereocenters. The molecule has 0 aliphatic heterocycles. The molecule has 0 fully saturated rings. The van der Waals surface area contributed by atoms with Crippen LogP contribution in [-0.2, 0) is 10.0 Å². The minimum Gasteiger partial charge on any atom is -0.361 e. The van der Waals surface area contributed by atoms with E-state index in [0.717, 1.165) is 35.0 Å². The van der Waals surface area contributed by atoms with E-state index in [2.05, 4.69) is 20.8 Å². The number of fused-ring (bicyclic) bond motifs is 1. The zero-order valence-electron chi connectivity index (χ0n) is 17.9. The summed E-state index contributed by atoms with van der Waals surface area (Å²) in [5, 5.41) is 8.84. The summed E-state index contributed by atoms with van der Waals surface area (Å²) in [6.07, 6.45) is 4.89. The number of anilines is 1. The lowest BCUT2D eigenvalue weighted by atomic mass is 10.2. The molecule has 0 aliphatic rings. The van der Waals surface area contributed by atoms with Crippen molar-refractivity contribution in [2.75, 3.05) is 18.4 Å². The summed E-state index contributed by atoms with van der Waals surface area (Å²) in [5.41, 5.74) is 5.07. The van der Waals surface area contributed by atoms with Crippen molar-refractivity contribution in [1.29, 1.82) is 0 Å². The van der Waals surface area contributed by atoms with Crippen molar-refractivity contribution in [2.24, 2.45) is 5.10 Å². The maximum atomic E-state index is 13.1.